The van der Waals surface area contributed by atoms with Crippen molar-refractivity contribution in [3.05, 3.63) is 151 Å². The Morgan fingerprint density at radius 3 is 1.69 bits per heavy atom. The van der Waals surface area contributed by atoms with Gasteiger partial charge in [0, 0.05) is 129 Å². The third kappa shape index (κ3) is 8.03. The SMILES string of the molecule is Cn1ccc2ccc(-c3cc(N[C@H]4CCN(c5ccnc(=O)[nH]5)C4)cc4nccnc34)cc21.Cn1ccc2ccc(-c3cc(N[C@H]4CCN(c5cncnc5)C4)cc4nccnc34)cc21. The maximum atomic E-state index is 11.6. The molecule has 0 aliphatic carbocycles. The second kappa shape index (κ2) is 16.8. The molecule has 2 fully saturated rings. The van der Waals surface area contributed by atoms with E-state index in [2.05, 4.69) is 169 Å². The molecule has 8 heterocycles. The molecule has 322 valence electrons. The van der Waals surface area contributed by atoms with E-state index in [9.17, 15) is 4.79 Å². The van der Waals surface area contributed by atoms with Gasteiger partial charge in [-0.05, 0) is 89.3 Å². The minimum atomic E-state index is -0.322. The topological polar surface area (TPSA) is 163 Å². The maximum Gasteiger partial charge on any atom is 0.346 e. The van der Waals surface area contributed by atoms with E-state index in [1.807, 2.05) is 18.5 Å². The first kappa shape index (κ1) is 39.6. The summed E-state index contributed by atoms with van der Waals surface area (Å²) < 4.78 is 4.28. The molecule has 0 amide bonds. The Bertz CT molecular complexity index is 3400. The van der Waals surface area contributed by atoms with E-state index in [-0.39, 0.29) is 11.7 Å². The van der Waals surface area contributed by atoms with Crippen LogP contribution in [0.5, 0.6) is 0 Å². The zero-order chi connectivity index (χ0) is 43.9. The zero-order valence-electron chi connectivity index (χ0n) is 36.0. The van der Waals surface area contributed by atoms with Gasteiger partial charge in [-0.1, -0.05) is 24.3 Å². The van der Waals surface area contributed by atoms with Crippen molar-refractivity contribution >= 4 is 66.8 Å². The van der Waals surface area contributed by atoms with E-state index >= 15 is 0 Å². The molecule has 2 aliphatic heterocycles. The molecule has 3 N–H and O–H groups in total. The monoisotopic (exact) mass is 858 g/mol. The van der Waals surface area contributed by atoms with Gasteiger partial charge in [-0.2, -0.15) is 0 Å². The van der Waals surface area contributed by atoms with Crippen LogP contribution in [0.25, 0.3) is 66.1 Å². The minimum absolute atomic E-state index is 0.249. The predicted molar refractivity (Wildman–Crippen MR) is 258 cm³/mol. The second-order valence-corrected chi connectivity index (χ2v) is 16.8. The lowest BCUT2D eigenvalue weighted by Gasteiger charge is -2.19. The van der Waals surface area contributed by atoms with Crippen molar-refractivity contribution in [3.63, 3.8) is 0 Å². The summed E-state index contributed by atoms with van der Waals surface area (Å²) in [5.41, 5.74) is 13.2. The van der Waals surface area contributed by atoms with Crippen LogP contribution in [0, 0.1) is 0 Å². The van der Waals surface area contributed by atoms with E-state index < -0.39 is 0 Å². The number of benzene rings is 4. The Balaban J connectivity index is 0.000000144. The molecule has 10 aromatic rings. The summed E-state index contributed by atoms with van der Waals surface area (Å²) >= 11 is 0. The summed E-state index contributed by atoms with van der Waals surface area (Å²) in [6.45, 7) is 3.55. The molecule has 12 rings (SSSR count). The van der Waals surface area contributed by atoms with Crippen molar-refractivity contribution in [3.8, 4) is 22.3 Å². The quantitative estimate of drug-likeness (QED) is 0.136. The van der Waals surface area contributed by atoms with Gasteiger partial charge >= 0.3 is 5.69 Å². The van der Waals surface area contributed by atoms with Gasteiger partial charge in [-0.3, -0.25) is 24.9 Å². The number of aromatic nitrogens is 10. The van der Waals surface area contributed by atoms with Crippen molar-refractivity contribution < 1.29 is 0 Å². The van der Waals surface area contributed by atoms with Crippen molar-refractivity contribution in [2.24, 2.45) is 14.1 Å². The third-order valence-electron chi connectivity index (χ3n) is 12.6. The van der Waals surface area contributed by atoms with Crippen LogP contribution < -0.4 is 26.1 Å². The van der Waals surface area contributed by atoms with Crippen LogP contribution >= 0.6 is 0 Å². The second-order valence-electron chi connectivity index (χ2n) is 16.8. The normalized spacial score (nSPS) is 16.1. The molecular weight excluding hydrogens is 813 g/mol. The van der Waals surface area contributed by atoms with E-state index in [0.717, 1.165) is 106 Å². The van der Waals surface area contributed by atoms with E-state index in [0.29, 0.717) is 6.04 Å². The van der Waals surface area contributed by atoms with Gasteiger partial charge in [0.2, 0.25) is 0 Å². The molecule has 2 atom stereocenters. The summed E-state index contributed by atoms with van der Waals surface area (Å²) in [7, 11) is 4.13. The van der Waals surface area contributed by atoms with E-state index in [4.69, 9.17) is 0 Å². The van der Waals surface area contributed by atoms with Crippen molar-refractivity contribution in [1.82, 2.24) is 49.0 Å². The van der Waals surface area contributed by atoms with Gasteiger partial charge < -0.3 is 29.6 Å². The highest BCUT2D eigenvalue weighted by molar-refractivity contribution is 5.98. The first-order valence-electron chi connectivity index (χ1n) is 21.8. The van der Waals surface area contributed by atoms with Gasteiger partial charge in [0.1, 0.15) is 12.1 Å². The Kier molecular flexibility index (Phi) is 10.3. The first-order valence-corrected chi connectivity index (χ1v) is 21.8. The number of fused-ring (bicyclic) bond motifs is 4. The summed E-state index contributed by atoms with van der Waals surface area (Å²) in [6, 6.07) is 28.3. The maximum absolute atomic E-state index is 11.6. The van der Waals surface area contributed by atoms with Gasteiger partial charge in [0.25, 0.3) is 0 Å². The summed E-state index contributed by atoms with van der Waals surface area (Å²) in [6.07, 6.45) is 20.0. The Morgan fingerprint density at radius 2 is 1.12 bits per heavy atom. The lowest BCUT2D eigenvalue weighted by atomic mass is 10.0. The molecule has 2 saturated heterocycles. The number of hydrogen-bond donors (Lipinski definition) is 3. The minimum Gasteiger partial charge on any atom is -0.380 e. The Hall–Kier alpha value is -8.20. The lowest BCUT2D eigenvalue weighted by molar-refractivity contribution is 0.805. The number of hydrogen-bond acceptors (Lipinski definition) is 12. The number of aryl methyl sites for hydroxylation is 2. The van der Waals surface area contributed by atoms with Gasteiger partial charge in [-0.25, -0.2) is 19.7 Å². The number of anilines is 4. The highest BCUT2D eigenvalue weighted by atomic mass is 16.1. The molecule has 0 spiro atoms. The molecule has 15 nitrogen and oxygen atoms in total. The van der Waals surface area contributed by atoms with Crippen LogP contribution in [-0.2, 0) is 14.1 Å². The third-order valence-corrected chi connectivity index (χ3v) is 12.6. The van der Waals surface area contributed by atoms with Crippen LogP contribution in [0.1, 0.15) is 12.8 Å². The highest BCUT2D eigenvalue weighted by Gasteiger charge is 2.25. The number of nitrogens with one attached hydrogen (secondary N) is 3. The largest absolute Gasteiger partial charge is 0.380 e. The lowest BCUT2D eigenvalue weighted by Crippen LogP contribution is -2.28. The first-order chi connectivity index (χ1) is 31.9. The summed E-state index contributed by atoms with van der Waals surface area (Å²) in [4.78, 5) is 49.4. The predicted octanol–water partition coefficient (Wildman–Crippen LogP) is 7.83. The Labute approximate surface area is 373 Å². The van der Waals surface area contributed by atoms with Crippen molar-refractivity contribution in [2.75, 3.05) is 46.6 Å². The van der Waals surface area contributed by atoms with Crippen LogP contribution in [0.4, 0.5) is 22.9 Å². The average molecular weight is 859 g/mol. The van der Waals surface area contributed by atoms with Crippen LogP contribution in [-0.4, -0.2) is 87.3 Å². The molecular formula is C50H46N14O. The van der Waals surface area contributed by atoms with Crippen molar-refractivity contribution in [1.29, 1.82) is 0 Å². The standard InChI is InChI=1S/C25H23N7O.C25H23N7/c1-31-10-5-16-2-3-17(12-22(16)31)20-13-19(14-21-24(20)27-9-8-26-21)29-18-6-11-32(15-18)23-4-7-28-25(33)30-23;1-31-8-4-17-2-3-18(10-24(17)31)22-11-20(12-23-25(22)29-7-6-28-23)30-19-5-9-32(15-19)21-13-26-16-27-14-21/h2-5,7-10,12-14,18,29H,6,11,15H2,1H3,(H,28,30,33);2-4,6-8,10-14,16,19,30H,5,9,15H2,1H3/t18-;19-/m00/s1. The average Bonchev–Trinajstić information content (AvgIpc) is 4.17. The number of H-pyrrole nitrogens is 1. The Morgan fingerprint density at radius 1 is 0.585 bits per heavy atom. The fraction of sp³-hybridized carbons (Fsp3) is 0.200. The van der Waals surface area contributed by atoms with Crippen LogP contribution in [0.3, 0.4) is 0 Å². The highest BCUT2D eigenvalue weighted by Crippen LogP contribution is 2.35. The smallest absolute Gasteiger partial charge is 0.346 e. The molecule has 6 aromatic heterocycles. The van der Waals surface area contributed by atoms with E-state index in [1.165, 1.54) is 21.8 Å². The van der Waals surface area contributed by atoms with Crippen LogP contribution in [0.15, 0.2) is 146 Å². The van der Waals surface area contributed by atoms with Gasteiger partial charge in [-0.15, -0.1) is 0 Å². The fourth-order valence-electron chi connectivity index (χ4n) is 9.30. The molecule has 0 radical (unpaired) electrons. The molecule has 0 bridgehead atoms. The fourth-order valence-corrected chi connectivity index (χ4v) is 9.30. The number of nitrogens with zero attached hydrogens (tertiary/aromatic N) is 11. The van der Waals surface area contributed by atoms with Gasteiger partial charge in [0.15, 0.2) is 0 Å². The number of aromatic amines is 1. The molecule has 65 heavy (non-hydrogen) atoms. The van der Waals surface area contributed by atoms with Crippen LogP contribution in [0.2, 0.25) is 0 Å². The zero-order valence-corrected chi connectivity index (χ0v) is 36.0. The molecule has 15 heteroatoms. The molecule has 4 aromatic carbocycles. The molecule has 0 saturated carbocycles. The summed E-state index contributed by atoms with van der Waals surface area (Å²) in [5, 5.41) is 9.86. The summed E-state index contributed by atoms with van der Waals surface area (Å²) in [5.74, 6) is 0.806. The van der Waals surface area contributed by atoms with Gasteiger partial charge in [0.05, 0.1) is 40.1 Å². The molecule has 0 unspecified atom stereocenters. The number of rotatable bonds is 8. The van der Waals surface area contributed by atoms with E-state index in [1.54, 1.807) is 37.3 Å². The molecule has 2 aliphatic rings. The van der Waals surface area contributed by atoms with Crippen molar-refractivity contribution in [2.45, 2.75) is 24.9 Å².